The van der Waals surface area contributed by atoms with Gasteiger partial charge in [-0.2, -0.15) is 52.7 Å². The molecule has 0 aliphatic carbocycles. The Balaban J connectivity index is -0.000000411. The van der Waals surface area contributed by atoms with Gasteiger partial charge in [0.15, 0.2) is 0 Å². The molecule has 0 rings (SSSR count). The van der Waals surface area contributed by atoms with Crippen LogP contribution in [0.4, 0.5) is 52.7 Å². The van der Waals surface area contributed by atoms with E-state index in [9.17, 15) is 62.3 Å². The predicted molar refractivity (Wildman–Crippen MR) is 55.7 cm³/mol. The van der Waals surface area contributed by atoms with Gasteiger partial charge in [0.25, 0.3) is 11.6 Å². The molecule has 0 spiro atoms. The van der Waals surface area contributed by atoms with E-state index in [0.29, 0.717) is 0 Å². The summed E-state index contributed by atoms with van der Waals surface area (Å²) in [5.74, 6) is -10.7. The molecular formula is C10H4F12O4Pd. The van der Waals surface area contributed by atoms with Gasteiger partial charge in [-0.15, -0.1) is 0 Å². The van der Waals surface area contributed by atoms with Gasteiger partial charge in [-0.25, -0.2) is 0 Å². The fourth-order valence-electron chi connectivity index (χ4n) is 0.576. The van der Waals surface area contributed by atoms with Gasteiger partial charge < -0.3 is 10.2 Å². The molecule has 0 bridgehead atoms. The van der Waals surface area contributed by atoms with Crippen molar-refractivity contribution in [3.8, 4) is 0 Å². The number of aliphatic hydroxyl groups is 2. The summed E-state index contributed by atoms with van der Waals surface area (Å²) in [5.41, 5.74) is 0. The third-order valence-electron chi connectivity index (χ3n) is 1.68. The predicted octanol–water partition coefficient (Wildman–Crippen LogP) is 4.24. The molecule has 0 fully saturated rings. The molecular weight excluding hydrogens is 519 g/mol. The Labute approximate surface area is 153 Å². The number of aliphatic hydroxyl groups excluding tert-OH is 2. The van der Waals surface area contributed by atoms with Crippen LogP contribution < -0.4 is 0 Å². The molecule has 0 aliphatic rings. The van der Waals surface area contributed by atoms with E-state index in [0.717, 1.165) is 0 Å². The molecule has 27 heavy (non-hydrogen) atoms. The number of carbonyl (C=O) groups excluding carboxylic acids is 2. The summed E-state index contributed by atoms with van der Waals surface area (Å²) in [6, 6.07) is 0. The number of rotatable bonds is 2. The Morgan fingerprint density at radius 2 is 0.704 bits per heavy atom. The zero-order valence-corrected chi connectivity index (χ0v) is 13.3. The van der Waals surface area contributed by atoms with E-state index >= 15 is 0 Å². The second kappa shape index (κ2) is 9.97. The Bertz CT molecular complexity index is 527. The maximum absolute atomic E-state index is 11.4. The Hall–Kier alpha value is -1.76. The Kier molecular flexibility index (Phi) is 11.1. The van der Waals surface area contributed by atoms with E-state index in [1.54, 1.807) is 0 Å². The zero-order valence-electron chi connectivity index (χ0n) is 11.7. The van der Waals surface area contributed by atoms with E-state index in [2.05, 4.69) is 0 Å². The van der Waals surface area contributed by atoms with Crippen molar-refractivity contribution >= 4 is 11.6 Å². The second-order valence-corrected chi connectivity index (χ2v) is 3.78. The van der Waals surface area contributed by atoms with Crippen LogP contribution in [0.15, 0.2) is 23.7 Å². The SMILES string of the molecule is O=C(/C=C(\O)C(F)(F)F)C(F)(F)F.O=C(C=C(O)C(F)(F)F)C(F)(F)F.[Pd]. The smallest absolute Gasteiger partial charge is 0.454 e. The second-order valence-electron chi connectivity index (χ2n) is 3.78. The van der Waals surface area contributed by atoms with E-state index in [1.165, 1.54) is 0 Å². The summed E-state index contributed by atoms with van der Waals surface area (Å²) in [4.78, 5) is 19.7. The summed E-state index contributed by atoms with van der Waals surface area (Å²) >= 11 is 0. The minimum absolute atomic E-state index is 0. The van der Waals surface area contributed by atoms with Crippen LogP contribution in [-0.2, 0) is 30.0 Å². The van der Waals surface area contributed by atoms with E-state index in [-0.39, 0.29) is 20.4 Å². The van der Waals surface area contributed by atoms with Crippen LogP contribution in [0.2, 0.25) is 0 Å². The molecule has 4 nitrogen and oxygen atoms in total. The van der Waals surface area contributed by atoms with Crippen molar-refractivity contribution in [2.24, 2.45) is 0 Å². The van der Waals surface area contributed by atoms with Gasteiger partial charge in [-0.3, -0.25) is 9.59 Å². The number of allylic oxidation sites excluding steroid dienone is 4. The van der Waals surface area contributed by atoms with Crippen molar-refractivity contribution in [1.82, 2.24) is 0 Å². The maximum Gasteiger partial charge on any atom is 0.454 e. The quantitative estimate of drug-likeness (QED) is 0.246. The number of hydrogen-bond donors (Lipinski definition) is 2. The summed E-state index contributed by atoms with van der Waals surface area (Å²) in [6.45, 7) is 0. The minimum Gasteiger partial charge on any atom is -0.504 e. The third kappa shape index (κ3) is 13.1. The fourth-order valence-corrected chi connectivity index (χ4v) is 0.576. The van der Waals surface area contributed by atoms with Crippen molar-refractivity contribution in [3.05, 3.63) is 23.7 Å². The first kappa shape index (κ1) is 30.0. The number of halogens is 12. The standard InChI is InChI=1S/2C5H2F6O2.Pd/c2*6-4(7,8)2(12)1-3(13)5(9,10)11;/h2*1,12H;/b2-1-;;. The number of carbonyl (C=O) groups is 2. The largest absolute Gasteiger partial charge is 0.504 e. The Morgan fingerprint density at radius 3 is 0.815 bits per heavy atom. The average molecular weight is 523 g/mol. The molecule has 17 heteroatoms. The summed E-state index contributed by atoms with van der Waals surface area (Å²) in [5, 5.41) is 15.9. The monoisotopic (exact) mass is 522 g/mol. The van der Waals surface area contributed by atoms with Gasteiger partial charge in [0.05, 0.1) is 0 Å². The van der Waals surface area contributed by atoms with Crippen LogP contribution in [0, 0.1) is 0 Å². The minimum atomic E-state index is -5.42. The molecule has 0 amide bonds. The summed E-state index contributed by atoms with van der Waals surface area (Å²) < 4.78 is 136. The molecule has 0 aliphatic heterocycles. The van der Waals surface area contributed by atoms with Crippen molar-refractivity contribution < 1.29 is 92.9 Å². The van der Waals surface area contributed by atoms with Crippen LogP contribution in [0.25, 0.3) is 0 Å². The molecule has 2 N–H and O–H groups in total. The molecule has 0 atom stereocenters. The van der Waals surface area contributed by atoms with Gasteiger partial charge in [0.1, 0.15) is 0 Å². The van der Waals surface area contributed by atoms with Gasteiger partial charge in [0, 0.05) is 32.6 Å². The van der Waals surface area contributed by atoms with Gasteiger partial charge in [0.2, 0.25) is 11.5 Å². The van der Waals surface area contributed by atoms with E-state index in [1.807, 2.05) is 0 Å². The summed E-state index contributed by atoms with van der Waals surface area (Å²) in [7, 11) is 0. The zero-order chi connectivity index (χ0) is 21.7. The van der Waals surface area contributed by atoms with E-state index < -0.39 is 59.9 Å². The van der Waals surface area contributed by atoms with Gasteiger partial charge in [-0.1, -0.05) is 0 Å². The molecule has 0 unspecified atom stereocenters. The molecule has 162 valence electrons. The molecule has 0 heterocycles. The van der Waals surface area contributed by atoms with Crippen molar-refractivity contribution in [2.45, 2.75) is 24.7 Å². The first-order valence-corrected chi connectivity index (χ1v) is 5.28. The number of ketones is 2. The molecule has 0 saturated carbocycles. The normalized spacial score (nSPS) is 13.9. The van der Waals surface area contributed by atoms with Crippen molar-refractivity contribution in [2.75, 3.05) is 0 Å². The maximum atomic E-state index is 11.4. The Morgan fingerprint density at radius 1 is 0.519 bits per heavy atom. The van der Waals surface area contributed by atoms with Crippen molar-refractivity contribution in [3.63, 3.8) is 0 Å². The number of hydrogen-bond acceptors (Lipinski definition) is 4. The average Bonchev–Trinajstić information content (AvgIpc) is 2.34. The molecule has 0 aromatic rings. The van der Waals surface area contributed by atoms with Crippen LogP contribution >= 0.6 is 0 Å². The molecule has 0 radical (unpaired) electrons. The number of alkyl halides is 12. The van der Waals surface area contributed by atoms with Crippen molar-refractivity contribution in [1.29, 1.82) is 0 Å². The topological polar surface area (TPSA) is 74.6 Å². The van der Waals surface area contributed by atoms with Gasteiger partial charge >= 0.3 is 24.7 Å². The molecule has 0 saturated heterocycles. The molecule has 0 aromatic carbocycles. The first-order valence-electron chi connectivity index (χ1n) is 5.28. The molecule has 0 aromatic heterocycles. The van der Waals surface area contributed by atoms with Crippen LogP contribution in [0.1, 0.15) is 0 Å². The van der Waals surface area contributed by atoms with Crippen LogP contribution in [-0.4, -0.2) is 46.5 Å². The first-order chi connectivity index (χ1) is 11.1. The third-order valence-corrected chi connectivity index (χ3v) is 1.68. The van der Waals surface area contributed by atoms with Crippen LogP contribution in [0.3, 0.4) is 0 Å². The summed E-state index contributed by atoms with van der Waals surface area (Å²) in [6.07, 6.45) is -23.4. The van der Waals surface area contributed by atoms with Crippen LogP contribution in [0.5, 0.6) is 0 Å². The fraction of sp³-hybridized carbons (Fsp3) is 0.400. The van der Waals surface area contributed by atoms with Gasteiger partial charge in [-0.05, 0) is 0 Å². The van der Waals surface area contributed by atoms with E-state index in [4.69, 9.17) is 10.2 Å².